The average Bonchev–Trinajstić information content (AvgIpc) is 2.70. The molecule has 0 fully saturated rings. The SMILES string of the molecule is C[Si](C)(C)Cn1nnc(-c2ccc(Br)cc2F)c1C(=O)O. The second kappa shape index (κ2) is 5.68. The fraction of sp³-hybridized carbons (Fsp3) is 0.308. The van der Waals surface area contributed by atoms with Crippen LogP contribution in [0, 0.1) is 5.82 Å². The third-order valence-electron chi connectivity index (χ3n) is 2.75. The van der Waals surface area contributed by atoms with E-state index in [4.69, 9.17) is 0 Å². The van der Waals surface area contributed by atoms with E-state index in [1.54, 1.807) is 6.07 Å². The molecule has 0 unspecified atom stereocenters. The van der Waals surface area contributed by atoms with Crippen LogP contribution in [0.1, 0.15) is 10.5 Å². The zero-order valence-corrected chi connectivity index (χ0v) is 14.5. The first kappa shape index (κ1) is 15.8. The van der Waals surface area contributed by atoms with E-state index >= 15 is 0 Å². The van der Waals surface area contributed by atoms with Crippen molar-refractivity contribution in [2.24, 2.45) is 0 Å². The lowest BCUT2D eigenvalue weighted by Crippen LogP contribution is -2.30. The van der Waals surface area contributed by atoms with Gasteiger partial charge in [-0.1, -0.05) is 40.8 Å². The lowest BCUT2D eigenvalue weighted by atomic mass is 10.1. The van der Waals surface area contributed by atoms with Crippen molar-refractivity contribution in [2.45, 2.75) is 25.8 Å². The second-order valence-corrected chi connectivity index (χ2v) is 12.3. The van der Waals surface area contributed by atoms with Gasteiger partial charge >= 0.3 is 5.97 Å². The molecule has 112 valence electrons. The van der Waals surface area contributed by atoms with Gasteiger partial charge in [0.05, 0.1) is 8.07 Å². The zero-order valence-electron chi connectivity index (χ0n) is 11.9. The lowest BCUT2D eigenvalue weighted by Gasteiger charge is -2.16. The molecule has 0 atom stereocenters. The number of benzene rings is 1. The Morgan fingerprint density at radius 1 is 1.43 bits per heavy atom. The highest BCUT2D eigenvalue weighted by molar-refractivity contribution is 9.10. The molecule has 0 aliphatic rings. The Bertz CT molecular complexity index is 697. The Labute approximate surface area is 130 Å². The summed E-state index contributed by atoms with van der Waals surface area (Å²) in [4.78, 5) is 11.5. The van der Waals surface area contributed by atoms with Gasteiger partial charge in [0.1, 0.15) is 11.5 Å². The molecule has 0 radical (unpaired) electrons. The van der Waals surface area contributed by atoms with Gasteiger partial charge < -0.3 is 5.11 Å². The molecular weight excluding hydrogens is 357 g/mol. The summed E-state index contributed by atoms with van der Waals surface area (Å²) in [6.07, 6.45) is 0.514. The highest BCUT2D eigenvalue weighted by atomic mass is 79.9. The molecule has 8 heteroatoms. The number of carboxylic acid groups (broad SMARTS) is 1. The number of carbonyl (C=O) groups is 1. The molecule has 5 nitrogen and oxygen atoms in total. The Morgan fingerprint density at radius 3 is 2.62 bits per heavy atom. The Morgan fingerprint density at radius 2 is 2.10 bits per heavy atom. The van der Waals surface area contributed by atoms with Crippen LogP contribution in [0.4, 0.5) is 4.39 Å². The quantitative estimate of drug-likeness (QED) is 0.835. The summed E-state index contributed by atoms with van der Waals surface area (Å²) >= 11 is 3.17. The highest BCUT2D eigenvalue weighted by Gasteiger charge is 2.26. The highest BCUT2D eigenvalue weighted by Crippen LogP contribution is 2.27. The van der Waals surface area contributed by atoms with Crippen molar-refractivity contribution in [1.29, 1.82) is 0 Å². The van der Waals surface area contributed by atoms with E-state index in [0.29, 0.717) is 10.6 Å². The maximum atomic E-state index is 14.0. The first-order valence-electron chi connectivity index (χ1n) is 6.31. The number of aromatic carboxylic acids is 1. The fourth-order valence-corrected chi connectivity index (χ4v) is 3.40. The van der Waals surface area contributed by atoms with Crippen molar-refractivity contribution < 1.29 is 14.3 Å². The predicted octanol–water partition coefficient (Wildman–Crippen LogP) is 3.42. The molecule has 1 heterocycles. The van der Waals surface area contributed by atoms with Crippen molar-refractivity contribution in [3.63, 3.8) is 0 Å². The summed E-state index contributed by atoms with van der Waals surface area (Å²) in [6, 6.07) is 4.41. The van der Waals surface area contributed by atoms with Gasteiger partial charge in [0.2, 0.25) is 0 Å². The predicted molar refractivity (Wildman–Crippen MR) is 83.4 cm³/mol. The smallest absolute Gasteiger partial charge is 0.356 e. The van der Waals surface area contributed by atoms with Gasteiger partial charge in [0.25, 0.3) is 0 Å². The Kier molecular flexibility index (Phi) is 4.29. The minimum Gasteiger partial charge on any atom is -0.476 e. The first-order valence-corrected chi connectivity index (χ1v) is 10.8. The van der Waals surface area contributed by atoms with Gasteiger partial charge in [-0.15, -0.1) is 5.10 Å². The van der Waals surface area contributed by atoms with E-state index in [1.165, 1.54) is 16.8 Å². The molecule has 0 aliphatic heterocycles. The molecule has 1 aromatic carbocycles. The third-order valence-corrected chi connectivity index (χ3v) is 4.49. The third kappa shape index (κ3) is 3.56. The van der Waals surface area contributed by atoms with Crippen LogP contribution < -0.4 is 0 Å². The lowest BCUT2D eigenvalue weighted by molar-refractivity contribution is 0.0685. The number of hydrogen-bond acceptors (Lipinski definition) is 3. The number of aromatic nitrogens is 3. The van der Waals surface area contributed by atoms with E-state index < -0.39 is 19.9 Å². The first-order chi connectivity index (χ1) is 9.69. The average molecular weight is 372 g/mol. The van der Waals surface area contributed by atoms with Crippen LogP contribution in [0.15, 0.2) is 22.7 Å². The molecule has 0 saturated heterocycles. The van der Waals surface area contributed by atoms with Crippen molar-refractivity contribution in [3.8, 4) is 11.3 Å². The molecule has 0 aliphatic carbocycles. The fourth-order valence-electron chi connectivity index (χ4n) is 1.95. The molecule has 0 spiro atoms. The number of nitrogens with zero attached hydrogens (tertiary/aromatic N) is 3. The monoisotopic (exact) mass is 371 g/mol. The van der Waals surface area contributed by atoms with Gasteiger partial charge in [-0.05, 0) is 18.2 Å². The number of carboxylic acids is 1. The largest absolute Gasteiger partial charge is 0.476 e. The van der Waals surface area contributed by atoms with Gasteiger partial charge in [0.15, 0.2) is 5.69 Å². The van der Waals surface area contributed by atoms with E-state index in [-0.39, 0.29) is 17.0 Å². The van der Waals surface area contributed by atoms with Crippen LogP contribution in [-0.4, -0.2) is 34.1 Å². The summed E-state index contributed by atoms with van der Waals surface area (Å²) < 4.78 is 16.0. The van der Waals surface area contributed by atoms with Crippen molar-refractivity contribution in [1.82, 2.24) is 15.0 Å². The van der Waals surface area contributed by atoms with Gasteiger partial charge in [0, 0.05) is 16.2 Å². The van der Waals surface area contributed by atoms with Crippen molar-refractivity contribution in [3.05, 3.63) is 34.2 Å². The van der Waals surface area contributed by atoms with Gasteiger partial charge in [-0.2, -0.15) is 0 Å². The molecule has 0 saturated carbocycles. The minimum absolute atomic E-state index is 0.0609. The molecular formula is C13H15BrFN3O2Si. The van der Waals surface area contributed by atoms with Crippen LogP contribution in [-0.2, 0) is 6.17 Å². The van der Waals surface area contributed by atoms with Crippen LogP contribution in [0.3, 0.4) is 0 Å². The number of rotatable bonds is 4. The molecule has 1 aromatic heterocycles. The number of halogens is 2. The van der Waals surface area contributed by atoms with Crippen LogP contribution in [0.5, 0.6) is 0 Å². The van der Waals surface area contributed by atoms with Crippen molar-refractivity contribution >= 4 is 30.0 Å². The minimum atomic E-state index is -1.59. The molecule has 2 rings (SSSR count). The summed E-state index contributed by atoms with van der Waals surface area (Å²) in [5.74, 6) is -1.69. The summed E-state index contributed by atoms with van der Waals surface area (Å²) in [5.41, 5.74) is 0.127. The topological polar surface area (TPSA) is 68.0 Å². The maximum Gasteiger partial charge on any atom is 0.356 e. The van der Waals surface area contributed by atoms with Crippen LogP contribution >= 0.6 is 15.9 Å². The maximum absolute atomic E-state index is 14.0. The molecule has 1 N–H and O–H groups in total. The standard InChI is InChI=1S/C13H15BrFN3O2Si/c1-21(2,3)7-18-12(13(19)20)11(16-17-18)9-5-4-8(14)6-10(9)15/h4-6H,7H2,1-3H3,(H,19,20). The molecule has 0 bridgehead atoms. The summed E-state index contributed by atoms with van der Waals surface area (Å²) in [7, 11) is -1.59. The van der Waals surface area contributed by atoms with E-state index in [2.05, 4.69) is 45.9 Å². The molecule has 0 amide bonds. The molecule has 21 heavy (non-hydrogen) atoms. The summed E-state index contributed by atoms with van der Waals surface area (Å²) in [5, 5.41) is 17.2. The van der Waals surface area contributed by atoms with Gasteiger partial charge in [-0.3, -0.25) is 0 Å². The van der Waals surface area contributed by atoms with Gasteiger partial charge in [-0.25, -0.2) is 13.9 Å². The Balaban J connectivity index is 2.57. The van der Waals surface area contributed by atoms with Crippen LogP contribution in [0.2, 0.25) is 19.6 Å². The van der Waals surface area contributed by atoms with E-state index in [1.807, 2.05) is 0 Å². The van der Waals surface area contributed by atoms with E-state index in [0.717, 1.165) is 0 Å². The molecule has 2 aromatic rings. The normalized spacial score (nSPS) is 11.7. The Hall–Kier alpha value is -1.54. The second-order valence-electron chi connectivity index (χ2n) is 5.93. The summed E-state index contributed by atoms with van der Waals surface area (Å²) in [6.45, 7) is 6.29. The van der Waals surface area contributed by atoms with E-state index in [9.17, 15) is 14.3 Å². The van der Waals surface area contributed by atoms with Crippen molar-refractivity contribution in [2.75, 3.05) is 0 Å². The van der Waals surface area contributed by atoms with Crippen LogP contribution in [0.25, 0.3) is 11.3 Å². The number of hydrogen-bond donors (Lipinski definition) is 1. The zero-order chi connectivity index (χ0) is 15.8.